The summed E-state index contributed by atoms with van der Waals surface area (Å²) in [6, 6.07) is 1.44. The van der Waals surface area contributed by atoms with Crippen molar-refractivity contribution >= 4 is 11.5 Å². The van der Waals surface area contributed by atoms with Gasteiger partial charge in [-0.05, 0) is 12.0 Å². The Labute approximate surface area is 79.9 Å². The highest BCUT2D eigenvalue weighted by Gasteiger charge is 2.19. The fraction of sp³-hybridized carbons (Fsp3) is 0.333. The van der Waals surface area contributed by atoms with E-state index >= 15 is 0 Å². The fourth-order valence-corrected chi connectivity index (χ4v) is 1.56. The van der Waals surface area contributed by atoms with Crippen LogP contribution in [0.2, 0.25) is 0 Å². The molecule has 0 unspecified atom stereocenters. The molecule has 0 saturated carbocycles. The van der Waals surface area contributed by atoms with E-state index in [0.29, 0.717) is 18.4 Å². The number of nitro groups is 1. The smallest absolute Gasteiger partial charge is 0.287 e. The normalized spacial score (nSPS) is 15.0. The Morgan fingerprint density at radius 3 is 2.93 bits per heavy atom. The van der Waals surface area contributed by atoms with Gasteiger partial charge in [-0.15, -0.1) is 0 Å². The molecular weight excluding hydrogens is 184 g/mol. The lowest BCUT2D eigenvalue weighted by molar-refractivity contribution is -0.385. The van der Waals surface area contributed by atoms with Crippen LogP contribution >= 0.6 is 0 Å². The minimum atomic E-state index is -0.494. The minimum absolute atomic E-state index is 0.0431. The number of fused-ring (bicyclic) bond motifs is 1. The van der Waals surface area contributed by atoms with Crippen molar-refractivity contribution in [2.45, 2.75) is 19.3 Å². The van der Waals surface area contributed by atoms with E-state index in [2.05, 4.69) is 4.98 Å². The fourth-order valence-electron chi connectivity index (χ4n) is 1.56. The number of carbonyl (C=O) groups is 1. The third-order valence-electron chi connectivity index (χ3n) is 2.28. The van der Waals surface area contributed by atoms with Crippen molar-refractivity contribution in [2.24, 2.45) is 0 Å². The molecule has 1 aliphatic carbocycles. The first kappa shape index (κ1) is 8.80. The van der Waals surface area contributed by atoms with Crippen LogP contribution in [0.25, 0.3) is 0 Å². The number of nitrogens with zero attached hydrogens (tertiary/aromatic N) is 2. The number of aryl methyl sites for hydroxylation is 1. The van der Waals surface area contributed by atoms with Crippen molar-refractivity contribution in [3.8, 4) is 0 Å². The van der Waals surface area contributed by atoms with Gasteiger partial charge in [0.2, 0.25) is 0 Å². The lowest BCUT2D eigenvalue weighted by Crippen LogP contribution is -2.14. The predicted octanol–water partition coefficient (Wildman–Crippen LogP) is 1.05. The molecule has 72 valence electrons. The van der Waals surface area contributed by atoms with E-state index in [1.807, 2.05) is 0 Å². The van der Waals surface area contributed by atoms with Crippen LogP contribution < -0.4 is 0 Å². The molecule has 0 saturated heterocycles. The molecular formula is C9H8N2O3. The third kappa shape index (κ3) is 1.48. The number of hydrogen-bond donors (Lipinski definition) is 0. The van der Waals surface area contributed by atoms with Crippen molar-refractivity contribution < 1.29 is 9.72 Å². The van der Waals surface area contributed by atoms with Crippen molar-refractivity contribution in [3.63, 3.8) is 0 Å². The van der Waals surface area contributed by atoms with Crippen LogP contribution in [0.15, 0.2) is 12.3 Å². The SMILES string of the molecule is O=C1CCc2ncc([N+](=O)[O-])cc2C1. The van der Waals surface area contributed by atoms with Crippen molar-refractivity contribution in [3.05, 3.63) is 33.6 Å². The molecule has 0 radical (unpaired) electrons. The lowest BCUT2D eigenvalue weighted by Gasteiger charge is -2.12. The third-order valence-corrected chi connectivity index (χ3v) is 2.28. The summed E-state index contributed by atoms with van der Waals surface area (Å²) < 4.78 is 0. The zero-order chi connectivity index (χ0) is 10.1. The van der Waals surface area contributed by atoms with Crippen LogP contribution in [0.3, 0.4) is 0 Å². The first-order valence-electron chi connectivity index (χ1n) is 4.30. The maximum absolute atomic E-state index is 11.1. The highest BCUT2D eigenvalue weighted by Crippen LogP contribution is 2.21. The van der Waals surface area contributed by atoms with Gasteiger partial charge in [0.25, 0.3) is 5.69 Å². The Bertz CT molecular complexity index is 415. The van der Waals surface area contributed by atoms with Gasteiger partial charge in [0.05, 0.1) is 4.92 Å². The number of ketones is 1. The Kier molecular flexibility index (Phi) is 1.99. The molecule has 5 nitrogen and oxygen atoms in total. The number of rotatable bonds is 1. The zero-order valence-corrected chi connectivity index (χ0v) is 7.40. The minimum Gasteiger partial charge on any atom is -0.299 e. The molecule has 0 atom stereocenters. The quantitative estimate of drug-likeness (QED) is 0.492. The van der Waals surface area contributed by atoms with Gasteiger partial charge in [0, 0.05) is 24.6 Å². The molecule has 1 heterocycles. The van der Waals surface area contributed by atoms with Gasteiger partial charge in [-0.1, -0.05) is 0 Å². The molecule has 0 spiro atoms. The van der Waals surface area contributed by atoms with E-state index in [4.69, 9.17) is 0 Å². The van der Waals surface area contributed by atoms with Gasteiger partial charge >= 0.3 is 0 Å². The maximum atomic E-state index is 11.1. The first-order valence-corrected chi connectivity index (χ1v) is 4.30. The highest BCUT2D eigenvalue weighted by molar-refractivity contribution is 5.83. The summed E-state index contributed by atoms with van der Waals surface area (Å²) in [7, 11) is 0. The summed E-state index contributed by atoms with van der Waals surface area (Å²) in [6.07, 6.45) is 2.63. The first-order chi connectivity index (χ1) is 6.66. The van der Waals surface area contributed by atoms with Crippen LogP contribution in [0.1, 0.15) is 17.7 Å². The molecule has 14 heavy (non-hydrogen) atoms. The summed E-state index contributed by atoms with van der Waals surface area (Å²) in [4.78, 5) is 25.0. The lowest BCUT2D eigenvalue weighted by atomic mass is 9.95. The van der Waals surface area contributed by atoms with Crippen LogP contribution in [0, 0.1) is 10.1 Å². The monoisotopic (exact) mass is 192 g/mol. The topological polar surface area (TPSA) is 73.1 Å². The Morgan fingerprint density at radius 1 is 1.43 bits per heavy atom. The second-order valence-electron chi connectivity index (χ2n) is 3.27. The average Bonchev–Trinajstić information content (AvgIpc) is 2.16. The van der Waals surface area contributed by atoms with Crippen LogP contribution in [0.5, 0.6) is 0 Å². The maximum Gasteiger partial charge on any atom is 0.287 e. The second kappa shape index (κ2) is 3.17. The van der Waals surface area contributed by atoms with Crippen molar-refractivity contribution in [1.82, 2.24) is 4.98 Å². The molecule has 0 aliphatic heterocycles. The van der Waals surface area contributed by atoms with Crippen LogP contribution in [-0.4, -0.2) is 15.7 Å². The molecule has 0 N–H and O–H groups in total. The number of pyridine rings is 1. The van der Waals surface area contributed by atoms with Crippen LogP contribution in [-0.2, 0) is 17.6 Å². The summed E-state index contributed by atoms with van der Waals surface area (Å²) in [5, 5.41) is 10.4. The van der Waals surface area contributed by atoms with Crippen molar-refractivity contribution in [2.75, 3.05) is 0 Å². The number of carbonyl (C=O) groups excluding carboxylic acids is 1. The van der Waals surface area contributed by atoms with Gasteiger partial charge in [-0.3, -0.25) is 19.9 Å². The Morgan fingerprint density at radius 2 is 2.21 bits per heavy atom. The summed E-state index contributed by atoms with van der Waals surface area (Å²) >= 11 is 0. The van der Waals surface area contributed by atoms with Gasteiger partial charge in [0.1, 0.15) is 12.0 Å². The number of aromatic nitrogens is 1. The molecule has 1 aromatic rings. The highest BCUT2D eigenvalue weighted by atomic mass is 16.6. The number of Topliss-reactive ketones (excluding diaryl/α,β-unsaturated/α-hetero) is 1. The van der Waals surface area contributed by atoms with E-state index in [0.717, 1.165) is 5.69 Å². The molecule has 5 heteroatoms. The molecule has 0 fully saturated rings. The standard InChI is InChI=1S/C9H8N2O3/c12-8-1-2-9-6(4-8)3-7(5-10-9)11(13)14/h3,5H,1-2,4H2. The van der Waals surface area contributed by atoms with E-state index in [1.165, 1.54) is 12.3 Å². The van der Waals surface area contributed by atoms with E-state index in [1.54, 1.807) is 0 Å². The summed E-state index contributed by atoms with van der Waals surface area (Å²) in [5.74, 6) is 0.125. The van der Waals surface area contributed by atoms with Gasteiger partial charge < -0.3 is 0 Å². The number of hydrogen-bond acceptors (Lipinski definition) is 4. The molecule has 0 aromatic carbocycles. The van der Waals surface area contributed by atoms with Gasteiger partial charge in [-0.25, -0.2) is 0 Å². The molecule has 0 amide bonds. The Balaban J connectivity index is 2.42. The molecule has 1 aromatic heterocycles. The predicted molar refractivity (Wildman–Crippen MR) is 47.9 cm³/mol. The summed E-state index contributed by atoms with van der Waals surface area (Å²) in [6.45, 7) is 0. The summed E-state index contributed by atoms with van der Waals surface area (Å²) in [5.41, 5.74) is 1.48. The van der Waals surface area contributed by atoms with Gasteiger partial charge in [0.15, 0.2) is 0 Å². The van der Waals surface area contributed by atoms with Crippen LogP contribution in [0.4, 0.5) is 5.69 Å². The van der Waals surface area contributed by atoms with E-state index < -0.39 is 4.92 Å². The molecule has 2 rings (SSSR count). The molecule has 1 aliphatic rings. The second-order valence-corrected chi connectivity index (χ2v) is 3.27. The van der Waals surface area contributed by atoms with E-state index in [-0.39, 0.29) is 17.9 Å². The van der Waals surface area contributed by atoms with Crippen molar-refractivity contribution in [1.29, 1.82) is 0 Å². The molecule has 0 bridgehead atoms. The largest absolute Gasteiger partial charge is 0.299 e. The zero-order valence-electron chi connectivity index (χ0n) is 7.40. The van der Waals surface area contributed by atoms with E-state index in [9.17, 15) is 14.9 Å². The Hall–Kier alpha value is -1.78. The average molecular weight is 192 g/mol. The van der Waals surface area contributed by atoms with Gasteiger partial charge in [-0.2, -0.15) is 0 Å².